The van der Waals surface area contributed by atoms with Crippen LogP contribution in [0.25, 0.3) is 0 Å². The first kappa shape index (κ1) is 11.7. The van der Waals surface area contributed by atoms with E-state index in [9.17, 15) is 0 Å². The fraction of sp³-hybridized carbons (Fsp3) is 1.00. The van der Waals surface area contributed by atoms with Gasteiger partial charge in [0.15, 0.2) is 0 Å². The maximum atomic E-state index is 6.10. The second-order valence-electron chi connectivity index (χ2n) is 4.93. The normalized spacial score (nSPS) is 46.2. The van der Waals surface area contributed by atoms with Gasteiger partial charge in [-0.3, -0.25) is 0 Å². The molecule has 0 spiro atoms. The van der Waals surface area contributed by atoms with Gasteiger partial charge in [0.2, 0.25) is 0 Å². The summed E-state index contributed by atoms with van der Waals surface area (Å²) >= 11 is 6.06. The summed E-state index contributed by atoms with van der Waals surface area (Å²) in [5.74, 6) is 0.700. The molecule has 15 heavy (non-hydrogen) atoms. The highest BCUT2D eigenvalue weighted by Crippen LogP contribution is 2.35. The Kier molecular flexibility index (Phi) is 3.92. The highest BCUT2D eigenvalue weighted by atomic mass is 35.5. The smallest absolute Gasteiger partial charge is 0.0997 e. The van der Waals surface area contributed by atoms with Gasteiger partial charge in [-0.2, -0.15) is 0 Å². The first-order valence-electron chi connectivity index (χ1n) is 6.04. The SMILES string of the molecule is COC1C(Cl)CC1OC1CCCCC1C. The second kappa shape index (κ2) is 5.03. The quantitative estimate of drug-likeness (QED) is 0.697. The van der Waals surface area contributed by atoms with Crippen LogP contribution >= 0.6 is 11.6 Å². The van der Waals surface area contributed by atoms with Gasteiger partial charge in [0.05, 0.1) is 23.7 Å². The van der Waals surface area contributed by atoms with Gasteiger partial charge in [0, 0.05) is 7.11 Å². The molecule has 0 radical (unpaired) electrons. The monoisotopic (exact) mass is 232 g/mol. The predicted molar refractivity (Wildman–Crippen MR) is 61.3 cm³/mol. The van der Waals surface area contributed by atoms with E-state index >= 15 is 0 Å². The zero-order valence-corrected chi connectivity index (χ0v) is 10.4. The fourth-order valence-corrected chi connectivity index (χ4v) is 3.11. The van der Waals surface area contributed by atoms with Gasteiger partial charge in [-0.15, -0.1) is 11.6 Å². The van der Waals surface area contributed by atoms with E-state index in [4.69, 9.17) is 21.1 Å². The Labute approximate surface area is 97.3 Å². The molecule has 0 aliphatic heterocycles. The molecule has 0 aromatic carbocycles. The Morgan fingerprint density at radius 1 is 1.13 bits per heavy atom. The maximum Gasteiger partial charge on any atom is 0.0997 e. The van der Waals surface area contributed by atoms with Crippen LogP contribution in [0.15, 0.2) is 0 Å². The summed E-state index contributed by atoms with van der Waals surface area (Å²) in [5, 5.41) is 0.152. The molecule has 3 heteroatoms. The van der Waals surface area contributed by atoms with Crippen LogP contribution in [-0.4, -0.2) is 30.8 Å². The van der Waals surface area contributed by atoms with Gasteiger partial charge in [0.25, 0.3) is 0 Å². The number of hydrogen-bond donors (Lipinski definition) is 0. The molecule has 0 amide bonds. The van der Waals surface area contributed by atoms with Crippen molar-refractivity contribution in [2.24, 2.45) is 5.92 Å². The van der Waals surface area contributed by atoms with Gasteiger partial charge >= 0.3 is 0 Å². The van der Waals surface area contributed by atoms with Crippen LogP contribution in [0.4, 0.5) is 0 Å². The average molecular weight is 233 g/mol. The first-order chi connectivity index (χ1) is 7.22. The zero-order valence-electron chi connectivity index (χ0n) is 9.62. The van der Waals surface area contributed by atoms with E-state index in [-0.39, 0.29) is 17.6 Å². The van der Waals surface area contributed by atoms with Crippen molar-refractivity contribution in [1.29, 1.82) is 0 Å². The van der Waals surface area contributed by atoms with Crippen LogP contribution in [-0.2, 0) is 9.47 Å². The molecule has 2 aliphatic rings. The Hall–Kier alpha value is 0.210. The second-order valence-corrected chi connectivity index (χ2v) is 5.49. The predicted octanol–water partition coefficient (Wildman–Crippen LogP) is 2.98. The van der Waals surface area contributed by atoms with Gasteiger partial charge in [-0.05, 0) is 25.2 Å². The van der Waals surface area contributed by atoms with E-state index in [1.54, 1.807) is 7.11 Å². The maximum absolute atomic E-state index is 6.10. The molecule has 0 bridgehead atoms. The van der Waals surface area contributed by atoms with Gasteiger partial charge in [-0.25, -0.2) is 0 Å². The van der Waals surface area contributed by atoms with Crippen LogP contribution < -0.4 is 0 Å². The molecule has 2 nitrogen and oxygen atoms in total. The Bertz CT molecular complexity index is 210. The minimum absolute atomic E-state index is 0.112. The minimum Gasteiger partial charge on any atom is -0.377 e. The summed E-state index contributed by atoms with van der Waals surface area (Å²) < 4.78 is 11.4. The standard InChI is InChI=1S/C12H21ClO2/c1-8-5-3-4-6-10(8)15-11-7-9(13)12(11)14-2/h8-12H,3-7H2,1-2H3. The van der Waals surface area contributed by atoms with E-state index < -0.39 is 0 Å². The molecule has 0 aromatic heterocycles. The summed E-state index contributed by atoms with van der Waals surface area (Å²) in [7, 11) is 1.72. The lowest BCUT2D eigenvalue weighted by Crippen LogP contribution is -2.52. The first-order valence-corrected chi connectivity index (χ1v) is 6.48. The zero-order chi connectivity index (χ0) is 10.8. The van der Waals surface area contributed by atoms with Crippen LogP contribution in [0.1, 0.15) is 39.0 Å². The number of ether oxygens (including phenoxy) is 2. The number of rotatable bonds is 3. The Balaban J connectivity index is 1.81. The highest BCUT2D eigenvalue weighted by molar-refractivity contribution is 6.21. The van der Waals surface area contributed by atoms with Crippen molar-refractivity contribution in [3.63, 3.8) is 0 Å². The van der Waals surface area contributed by atoms with Gasteiger partial charge in [-0.1, -0.05) is 19.8 Å². The molecule has 2 saturated carbocycles. The van der Waals surface area contributed by atoms with Crippen molar-refractivity contribution in [1.82, 2.24) is 0 Å². The third-order valence-electron chi connectivity index (χ3n) is 3.83. The molecule has 5 atom stereocenters. The molecule has 2 rings (SSSR count). The fourth-order valence-electron chi connectivity index (χ4n) is 2.67. The lowest BCUT2D eigenvalue weighted by molar-refractivity contribution is -0.154. The molecule has 0 heterocycles. The van der Waals surface area contributed by atoms with E-state index in [1.165, 1.54) is 25.7 Å². The van der Waals surface area contributed by atoms with E-state index in [1.807, 2.05) is 0 Å². The van der Waals surface area contributed by atoms with Crippen molar-refractivity contribution in [2.45, 2.75) is 62.7 Å². The molecular formula is C12H21ClO2. The summed E-state index contributed by atoms with van der Waals surface area (Å²) in [6.07, 6.45) is 6.92. The lowest BCUT2D eigenvalue weighted by Gasteiger charge is -2.43. The topological polar surface area (TPSA) is 18.5 Å². The minimum atomic E-state index is 0.112. The number of alkyl halides is 1. The third kappa shape index (κ3) is 2.48. The number of halogens is 1. The van der Waals surface area contributed by atoms with Crippen molar-refractivity contribution in [3.05, 3.63) is 0 Å². The van der Waals surface area contributed by atoms with Crippen LogP contribution in [0.2, 0.25) is 0 Å². The van der Waals surface area contributed by atoms with Crippen molar-refractivity contribution >= 4 is 11.6 Å². The van der Waals surface area contributed by atoms with E-state index in [2.05, 4.69) is 6.92 Å². The van der Waals surface area contributed by atoms with Crippen LogP contribution in [0, 0.1) is 5.92 Å². The lowest BCUT2D eigenvalue weighted by atomic mass is 9.86. The van der Waals surface area contributed by atoms with Crippen molar-refractivity contribution in [3.8, 4) is 0 Å². The van der Waals surface area contributed by atoms with E-state index in [0.717, 1.165) is 6.42 Å². The van der Waals surface area contributed by atoms with Gasteiger partial charge in [0.1, 0.15) is 0 Å². The highest BCUT2D eigenvalue weighted by Gasteiger charge is 2.43. The molecule has 88 valence electrons. The summed E-state index contributed by atoms with van der Waals surface area (Å²) in [6.45, 7) is 2.29. The summed E-state index contributed by atoms with van der Waals surface area (Å²) in [5.41, 5.74) is 0. The van der Waals surface area contributed by atoms with Crippen molar-refractivity contribution in [2.75, 3.05) is 7.11 Å². The van der Waals surface area contributed by atoms with Gasteiger partial charge < -0.3 is 9.47 Å². The summed E-state index contributed by atoms with van der Waals surface area (Å²) in [4.78, 5) is 0. The molecule has 5 unspecified atom stereocenters. The molecule has 2 fully saturated rings. The Morgan fingerprint density at radius 3 is 2.47 bits per heavy atom. The molecule has 2 aliphatic carbocycles. The van der Waals surface area contributed by atoms with Crippen LogP contribution in [0.5, 0.6) is 0 Å². The molecule has 0 saturated heterocycles. The van der Waals surface area contributed by atoms with Crippen LogP contribution in [0.3, 0.4) is 0 Å². The van der Waals surface area contributed by atoms with E-state index in [0.29, 0.717) is 12.0 Å². The summed E-state index contributed by atoms with van der Waals surface area (Å²) in [6, 6.07) is 0. The number of hydrogen-bond acceptors (Lipinski definition) is 2. The molecular weight excluding hydrogens is 212 g/mol. The molecule has 0 aromatic rings. The molecule has 0 N–H and O–H groups in total. The largest absolute Gasteiger partial charge is 0.377 e. The average Bonchev–Trinajstić information content (AvgIpc) is 2.20. The Morgan fingerprint density at radius 2 is 1.87 bits per heavy atom. The number of methoxy groups -OCH3 is 1. The van der Waals surface area contributed by atoms with Crippen molar-refractivity contribution < 1.29 is 9.47 Å². The third-order valence-corrected chi connectivity index (χ3v) is 4.26.